The number of anilines is 1. The summed E-state index contributed by atoms with van der Waals surface area (Å²) >= 11 is 4.91. The summed E-state index contributed by atoms with van der Waals surface area (Å²) < 4.78 is 5.57. The molecule has 1 fully saturated rings. The molecule has 1 aromatic carbocycles. The Morgan fingerprint density at radius 3 is 2.76 bits per heavy atom. The fraction of sp³-hybridized carbons (Fsp3) is 0.462. The molecule has 0 spiro atoms. The molecule has 3 nitrogen and oxygen atoms in total. The third kappa shape index (κ3) is 3.68. The minimum Gasteiger partial charge on any atom is -0.389 e. The highest BCUT2D eigenvalue weighted by atomic mass is 32.1. The summed E-state index contributed by atoms with van der Waals surface area (Å²) in [6, 6.07) is 7.89. The summed E-state index contributed by atoms with van der Waals surface area (Å²) in [5, 5.41) is 3.37. The van der Waals surface area contributed by atoms with Crippen LogP contribution in [0.5, 0.6) is 0 Å². The van der Waals surface area contributed by atoms with Crippen LogP contribution < -0.4 is 11.1 Å². The average Bonchev–Trinajstić information content (AvgIpc) is 2.83. The van der Waals surface area contributed by atoms with E-state index in [1.54, 1.807) is 0 Å². The number of rotatable bonds is 5. The fourth-order valence-electron chi connectivity index (χ4n) is 2.00. The third-order valence-electron chi connectivity index (χ3n) is 2.99. The second kappa shape index (κ2) is 5.98. The number of nitrogens with two attached hydrogens (primary N) is 1. The van der Waals surface area contributed by atoms with Crippen molar-refractivity contribution in [1.82, 2.24) is 0 Å². The van der Waals surface area contributed by atoms with Crippen LogP contribution in [0.4, 0.5) is 5.69 Å². The lowest BCUT2D eigenvalue weighted by Crippen LogP contribution is -2.13. The van der Waals surface area contributed by atoms with E-state index in [1.807, 2.05) is 24.3 Å². The minimum absolute atomic E-state index is 0.441. The highest BCUT2D eigenvalue weighted by Crippen LogP contribution is 2.16. The highest BCUT2D eigenvalue weighted by Gasteiger charge is 2.14. The molecule has 0 radical (unpaired) electrons. The van der Waals surface area contributed by atoms with Gasteiger partial charge in [-0.05, 0) is 43.5 Å². The molecule has 92 valence electrons. The van der Waals surface area contributed by atoms with E-state index in [9.17, 15) is 0 Å². The van der Waals surface area contributed by atoms with Crippen LogP contribution in [0.2, 0.25) is 0 Å². The van der Waals surface area contributed by atoms with Gasteiger partial charge in [0.05, 0.1) is 6.10 Å². The van der Waals surface area contributed by atoms with Crippen molar-refractivity contribution in [2.45, 2.75) is 25.4 Å². The zero-order valence-corrected chi connectivity index (χ0v) is 10.6. The molecule has 1 aromatic rings. The molecule has 1 atom stereocenters. The summed E-state index contributed by atoms with van der Waals surface area (Å²) in [7, 11) is 0. The van der Waals surface area contributed by atoms with Gasteiger partial charge in [-0.2, -0.15) is 0 Å². The van der Waals surface area contributed by atoms with Gasteiger partial charge in [0.1, 0.15) is 4.99 Å². The van der Waals surface area contributed by atoms with E-state index < -0.39 is 0 Å². The quantitative estimate of drug-likeness (QED) is 0.787. The molecule has 0 bridgehead atoms. The molecule has 3 N–H and O–H groups in total. The lowest BCUT2D eigenvalue weighted by molar-refractivity contribution is 0.107. The standard InChI is InChI=1S/C13H18N2OS/c14-13(17)10-3-5-11(6-4-10)15-8-7-12-2-1-9-16-12/h3-6,12,15H,1-2,7-9H2,(H2,14,17). The largest absolute Gasteiger partial charge is 0.389 e. The van der Waals surface area contributed by atoms with Crippen LogP contribution in [0.3, 0.4) is 0 Å². The molecular formula is C13H18N2OS. The molecule has 4 heteroatoms. The van der Waals surface area contributed by atoms with Crippen molar-refractivity contribution in [3.63, 3.8) is 0 Å². The molecule has 0 aliphatic carbocycles. The number of benzene rings is 1. The van der Waals surface area contributed by atoms with Gasteiger partial charge in [-0.3, -0.25) is 0 Å². The molecule has 1 aliphatic heterocycles. The Bertz CT molecular complexity index is 372. The number of ether oxygens (including phenoxy) is 1. The van der Waals surface area contributed by atoms with E-state index in [-0.39, 0.29) is 0 Å². The minimum atomic E-state index is 0.441. The van der Waals surface area contributed by atoms with Crippen LogP contribution in [0.25, 0.3) is 0 Å². The molecule has 17 heavy (non-hydrogen) atoms. The fourth-order valence-corrected chi connectivity index (χ4v) is 2.14. The van der Waals surface area contributed by atoms with Crippen molar-refractivity contribution in [1.29, 1.82) is 0 Å². The first kappa shape index (κ1) is 12.3. The van der Waals surface area contributed by atoms with Gasteiger partial charge in [0.25, 0.3) is 0 Å². The molecule has 0 amide bonds. The van der Waals surface area contributed by atoms with Crippen molar-refractivity contribution < 1.29 is 4.74 Å². The predicted molar refractivity (Wildman–Crippen MR) is 74.4 cm³/mol. The van der Waals surface area contributed by atoms with Gasteiger partial charge in [-0.25, -0.2) is 0 Å². The average molecular weight is 250 g/mol. The Labute approximate surface area is 107 Å². The summed E-state index contributed by atoms with van der Waals surface area (Å²) in [5.74, 6) is 0. The lowest BCUT2D eigenvalue weighted by atomic mass is 10.1. The van der Waals surface area contributed by atoms with E-state index in [2.05, 4.69) is 5.32 Å². The highest BCUT2D eigenvalue weighted by molar-refractivity contribution is 7.80. The normalized spacial score (nSPS) is 19.2. The maximum atomic E-state index is 5.57. The molecule has 1 saturated heterocycles. The van der Waals surface area contributed by atoms with Crippen LogP contribution in [0.15, 0.2) is 24.3 Å². The van der Waals surface area contributed by atoms with Gasteiger partial charge in [0.2, 0.25) is 0 Å². The summed E-state index contributed by atoms with van der Waals surface area (Å²) in [6.45, 7) is 1.87. The molecule has 1 unspecified atom stereocenters. The van der Waals surface area contributed by atoms with Crippen molar-refractivity contribution >= 4 is 22.9 Å². The number of hydrogen-bond acceptors (Lipinski definition) is 3. The van der Waals surface area contributed by atoms with Crippen molar-refractivity contribution in [2.24, 2.45) is 5.73 Å². The molecule has 0 aromatic heterocycles. The first-order valence-corrected chi connectivity index (χ1v) is 6.42. The van der Waals surface area contributed by atoms with Gasteiger partial charge in [-0.15, -0.1) is 0 Å². The van der Waals surface area contributed by atoms with E-state index in [0.717, 1.165) is 30.8 Å². The smallest absolute Gasteiger partial charge is 0.103 e. The second-order valence-corrected chi connectivity index (χ2v) is 4.73. The Hall–Kier alpha value is -1.13. The van der Waals surface area contributed by atoms with Crippen LogP contribution >= 0.6 is 12.2 Å². The maximum Gasteiger partial charge on any atom is 0.103 e. The van der Waals surface area contributed by atoms with Gasteiger partial charge >= 0.3 is 0 Å². The van der Waals surface area contributed by atoms with Crippen LogP contribution in [0, 0.1) is 0 Å². The Morgan fingerprint density at radius 1 is 1.41 bits per heavy atom. The number of nitrogens with one attached hydrogen (secondary N) is 1. The second-order valence-electron chi connectivity index (χ2n) is 4.29. The maximum absolute atomic E-state index is 5.57. The van der Waals surface area contributed by atoms with Gasteiger partial charge in [0.15, 0.2) is 0 Å². The Balaban J connectivity index is 1.76. The van der Waals surface area contributed by atoms with Gasteiger partial charge in [0, 0.05) is 24.4 Å². The van der Waals surface area contributed by atoms with Crippen molar-refractivity contribution in [3.05, 3.63) is 29.8 Å². The zero-order valence-electron chi connectivity index (χ0n) is 9.82. The van der Waals surface area contributed by atoms with Crippen LogP contribution in [-0.4, -0.2) is 24.2 Å². The summed E-state index contributed by atoms with van der Waals surface area (Å²) in [4.78, 5) is 0.441. The Kier molecular flexibility index (Phi) is 4.34. The van der Waals surface area contributed by atoms with E-state index in [1.165, 1.54) is 12.8 Å². The summed E-state index contributed by atoms with van der Waals surface area (Å²) in [6.07, 6.45) is 3.91. The van der Waals surface area contributed by atoms with Crippen LogP contribution in [-0.2, 0) is 4.74 Å². The van der Waals surface area contributed by atoms with Crippen molar-refractivity contribution in [3.8, 4) is 0 Å². The molecular weight excluding hydrogens is 232 g/mol. The summed E-state index contributed by atoms with van der Waals surface area (Å²) in [5.41, 5.74) is 7.55. The third-order valence-corrected chi connectivity index (χ3v) is 3.22. The molecule has 2 rings (SSSR count). The van der Waals surface area contributed by atoms with E-state index >= 15 is 0 Å². The SMILES string of the molecule is NC(=S)c1ccc(NCCC2CCCO2)cc1. The first-order chi connectivity index (χ1) is 8.25. The number of hydrogen-bond donors (Lipinski definition) is 2. The van der Waals surface area contributed by atoms with Crippen LogP contribution in [0.1, 0.15) is 24.8 Å². The zero-order chi connectivity index (χ0) is 12.1. The van der Waals surface area contributed by atoms with Gasteiger partial charge in [-0.1, -0.05) is 12.2 Å². The van der Waals surface area contributed by atoms with Gasteiger partial charge < -0.3 is 15.8 Å². The molecule has 1 heterocycles. The van der Waals surface area contributed by atoms with E-state index in [0.29, 0.717) is 11.1 Å². The topological polar surface area (TPSA) is 47.3 Å². The lowest BCUT2D eigenvalue weighted by Gasteiger charge is -2.11. The van der Waals surface area contributed by atoms with Crippen molar-refractivity contribution in [2.75, 3.05) is 18.5 Å². The molecule has 1 aliphatic rings. The molecule has 0 saturated carbocycles. The van der Waals surface area contributed by atoms with E-state index in [4.69, 9.17) is 22.7 Å². The Morgan fingerprint density at radius 2 is 2.18 bits per heavy atom. The first-order valence-electron chi connectivity index (χ1n) is 6.01. The number of thiocarbonyl (C=S) groups is 1. The monoisotopic (exact) mass is 250 g/mol. The predicted octanol–water partition coefficient (Wildman–Crippen LogP) is 2.30.